The zero-order chi connectivity index (χ0) is 13.9. The van der Waals surface area contributed by atoms with E-state index in [1.807, 2.05) is 24.3 Å². The van der Waals surface area contributed by atoms with Gasteiger partial charge in [-0.15, -0.1) is 0 Å². The Morgan fingerprint density at radius 2 is 1.79 bits per heavy atom. The summed E-state index contributed by atoms with van der Waals surface area (Å²) in [4.78, 5) is 11.8. The molecule has 0 unspecified atom stereocenters. The summed E-state index contributed by atoms with van der Waals surface area (Å²) in [7, 11) is -1.44. The number of carbonyl (C=O) groups is 1. The fourth-order valence-corrected chi connectivity index (χ4v) is 9.66. The van der Waals surface area contributed by atoms with Crippen molar-refractivity contribution in [2.75, 3.05) is 0 Å². The van der Waals surface area contributed by atoms with E-state index in [0.717, 1.165) is 9.13 Å². The first-order chi connectivity index (χ1) is 9.15. The van der Waals surface area contributed by atoms with Crippen molar-refractivity contribution >= 4 is 34.3 Å². The topological polar surface area (TPSA) is 26.3 Å². The number of halogens is 1. The Labute approximate surface area is 123 Å². The van der Waals surface area contributed by atoms with Crippen LogP contribution in [0.3, 0.4) is 0 Å². The van der Waals surface area contributed by atoms with Crippen LogP contribution in [0.15, 0.2) is 24.3 Å². The summed E-state index contributed by atoms with van der Waals surface area (Å²) in [6.45, 7) is 6.73. The third-order valence-electron chi connectivity index (χ3n) is 3.85. The zero-order valence-corrected chi connectivity index (χ0v) is 14.8. The molecule has 102 valence electrons. The summed E-state index contributed by atoms with van der Waals surface area (Å²) in [5, 5.41) is 0. The van der Waals surface area contributed by atoms with Crippen molar-refractivity contribution < 1.29 is 7.86 Å². The monoisotopic (exact) mass is 386 g/mol. The molecular weight excluding hydrogens is 367 g/mol. The normalized spacial score (nSPS) is 15.5. The van der Waals surface area contributed by atoms with Gasteiger partial charge in [0.15, 0.2) is 0 Å². The number of carbonyl (C=O) groups excluding carboxylic acids is 1. The van der Waals surface area contributed by atoms with Crippen LogP contribution in [-0.2, 0) is 3.07 Å². The molecule has 0 aliphatic carbocycles. The van der Waals surface area contributed by atoms with Crippen molar-refractivity contribution in [2.24, 2.45) is 0 Å². The van der Waals surface area contributed by atoms with Gasteiger partial charge in [-0.25, -0.2) is 0 Å². The van der Waals surface area contributed by atoms with Crippen molar-refractivity contribution in [1.82, 2.24) is 0 Å². The minimum absolute atomic E-state index is 0.174. The molecule has 1 heterocycles. The Hall–Kier alpha value is -0.803. The number of benzene rings is 1. The van der Waals surface area contributed by atoms with Crippen molar-refractivity contribution in [3.05, 3.63) is 33.4 Å². The van der Waals surface area contributed by atoms with Crippen molar-refractivity contribution in [1.29, 1.82) is 0 Å². The van der Waals surface area contributed by atoms with E-state index in [1.165, 1.54) is 18.1 Å². The van der Waals surface area contributed by atoms with E-state index >= 15 is 0 Å². The first-order valence-corrected chi connectivity index (χ1v) is 12.4. The Morgan fingerprint density at radius 3 is 2.42 bits per heavy atom. The van der Waals surface area contributed by atoms with Gasteiger partial charge in [0.25, 0.3) is 0 Å². The van der Waals surface area contributed by atoms with Crippen molar-refractivity contribution in [3.8, 4) is 9.47 Å². The first-order valence-electron chi connectivity index (χ1n) is 6.70. The number of rotatable bonds is 3. The van der Waals surface area contributed by atoms with Gasteiger partial charge in [-0.2, -0.15) is 0 Å². The Kier molecular flexibility index (Phi) is 4.69. The molecule has 2 nitrogen and oxygen atoms in total. The summed E-state index contributed by atoms with van der Waals surface area (Å²) in [5.74, 6) is -0.174. The number of hydrogen-bond donors (Lipinski definition) is 0. The van der Waals surface area contributed by atoms with Crippen molar-refractivity contribution in [2.45, 2.75) is 38.9 Å². The van der Waals surface area contributed by atoms with Crippen molar-refractivity contribution in [3.63, 3.8) is 0 Å². The summed E-state index contributed by atoms with van der Waals surface area (Å²) < 4.78 is 9.99. The van der Waals surface area contributed by atoms with E-state index in [9.17, 15) is 4.79 Å². The molecule has 0 amide bonds. The standard InChI is InChI=1S/C15H19IO2Si/c1-4-19(5-2,6-3)12-11-16-14-10-8-7-9-13(14)15(17)18-16/h7-10H,4-6H2,1-3H3. The zero-order valence-electron chi connectivity index (χ0n) is 11.6. The molecule has 0 radical (unpaired) electrons. The molecule has 2 rings (SSSR count). The van der Waals surface area contributed by atoms with E-state index in [4.69, 9.17) is 3.07 Å². The number of fused-ring (bicyclic) bond motifs is 1. The molecule has 4 heteroatoms. The first kappa shape index (κ1) is 14.6. The Balaban J connectivity index is 2.30. The molecule has 0 bridgehead atoms. The Morgan fingerprint density at radius 1 is 1.16 bits per heavy atom. The predicted molar refractivity (Wildman–Crippen MR) is 89.5 cm³/mol. The van der Waals surface area contributed by atoms with E-state index in [2.05, 4.69) is 30.2 Å². The Bertz CT molecular complexity index is 532. The fraction of sp³-hybridized carbons (Fsp3) is 0.400. The van der Waals surface area contributed by atoms with Gasteiger partial charge in [0.2, 0.25) is 0 Å². The SMILES string of the molecule is CC[Si](C#CI1OC(=O)c2ccccc21)(CC)CC. The molecule has 0 N–H and O–H groups in total. The van der Waals surface area contributed by atoms with Crippen LogP contribution < -0.4 is 0 Å². The average molecular weight is 386 g/mol. The molecule has 1 aliphatic heterocycles. The van der Waals surface area contributed by atoms with Crippen LogP contribution in [0.5, 0.6) is 0 Å². The quantitative estimate of drug-likeness (QED) is 0.436. The minimum atomic E-state index is -2.05. The maximum atomic E-state index is 11.8. The van der Waals surface area contributed by atoms with E-state index in [1.54, 1.807) is 0 Å². The van der Waals surface area contributed by atoms with Gasteiger partial charge in [0, 0.05) is 0 Å². The molecule has 0 spiro atoms. The van der Waals surface area contributed by atoms with Crippen LogP contribution in [0, 0.1) is 13.0 Å². The number of hydrogen-bond acceptors (Lipinski definition) is 2. The summed E-state index contributed by atoms with van der Waals surface area (Å²) in [6.07, 6.45) is 0. The van der Waals surface area contributed by atoms with E-state index in [0.29, 0.717) is 0 Å². The van der Waals surface area contributed by atoms with Gasteiger partial charge in [-0.05, 0) is 0 Å². The molecule has 0 saturated heterocycles. The molecule has 0 atom stereocenters. The van der Waals surface area contributed by atoms with E-state index < -0.39 is 28.3 Å². The predicted octanol–water partition coefficient (Wildman–Crippen LogP) is 4.46. The van der Waals surface area contributed by atoms with Crippen LogP contribution in [0.25, 0.3) is 0 Å². The summed E-state index contributed by atoms with van der Waals surface area (Å²) in [6, 6.07) is 11.3. The molecule has 1 aromatic carbocycles. The average Bonchev–Trinajstić information content (AvgIpc) is 2.78. The van der Waals surface area contributed by atoms with Gasteiger partial charge in [0.1, 0.15) is 0 Å². The summed E-state index contributed by atoms with van der Waals surface area (Å²) in [5.41, 5.74) is 4.30. The third kappa shape index (κ3) is 2.87. The molecule has 0 saturated carbocycles. The van der Waals surface area contributed by atoms with Gasteiger partial charge in [-0.1, -0.05) is 0 Å². The molecule has 1 aliphatic rings. The van der Waals surface area contributed by atoms with E-state index in [-0.39, 0.29) is 5.97 Å². The second kappa shape index (κ2) is 6.10. The fourth-order valence-electron chi connectivity index (χ4n) is 2.16. The van der Waals surface area contributed by atoms with Crippen LogP contribution >= 0.6 is 20.2 Å². The van der Waals surface area contributed by atoms with Gasteiger partial charge < -0.3 is 0 Å². The van der Waals surface area contributed by atoms with Crippen LogP contribution in [0.4, 0.5) is 0 Å². The second-order valence-corrected chi connectivity index (χ2v) is 13.1. The second-order valence-electron chi connectivity index (χ2n) is 4.65. The van der Waals surface area contributed by atoms with Gasteiger partial charge >= 0.3 is 124 Å². The van der Waals surface area contributed by atoms with Crippen LogP contribution in [-0.4, -0.2) is 14.0 Å². The molecular formula is C15H19IO2Si. The molecule has 19 heavy (non-hydrogen) atoms. The molecule has 0 fully saturated rings. The maximum absolute atomic E-state index is 11.8. The van der Waals surface area contributed by atoms with Crippen LogP contribution in [0.1, 0.15) is 31.1 Å². The van der Waals surface area contributed by atoms with Crippen LogP contribution in [0.2, 0.25) is 18.1 Å². The molecule has 1 aromatic rings. The third-order valence-corrected chi connectivity index (χ3v) is 12.7. The van der Waals surface area contributed by atoms with Gasteiger partial charge in [0.05, 0.1) is 0 Å². The van der Waals surface area contributed by atoms with Gasteiger partial charge in [-0.3, -0.25) is 0 Å². The summed E-state index contributed by atoms with van der Waals surface area (Å²) >= 11 is -2.05. The molecule has 0 aromatic heterocycles.